The van der Waals surface area contributed by atoms with Gasteiger partial charge in [-0.15, -0.1) is 0 Å². The average molecular weight is 227 g/mol. The van der Waals surface area contributed by atoms with E-state index in [0.29, 0.717) is 6.54 Å². The molecule has 1 saturated heterocycles. The third-order valence-corrected chi connectivity index (χ3v) is 3.58. The van der Waals surface area contributed by atoms with Crippen molar-refractivity contribution in [1.82, 2.24) is 9.80 Å². The molecule has 1 heterocycles. The molecule has 4 heteroatoms. The fourth-order valence-corrected chi connectivity index (χ4v) is 2.24. The van der Waals surface area contributed by atoms with E-state index >= 15 is 0 Å². The number of rotatable bonds is 4. The number of carbonyl (C=O) groups excluding carboxylic acids is 1. The van der Waals surface area contributed by atoms with Gasteiger partial charge in [0.2, 0.25) is 5.91 Å². The van der Waals surface area contributed by atoms with Crippen LogP contribution in [0.25, 0.3) is 0 Å². The number of amides is 1. The molecule has 0 aromatic heterocycles. The van der Waals surface area contributed by atoms with E-state index in [1.807, 2.05) is 11.9 Å². The molecule has 0 aromatic carbocycles. The minimum atomic E-state index is -0.121. The topological polar surface area (TPSA) is 49.6 Å². The van der Waals surface area contributed by atoms with Crippen LogP contribution in [0.3, 0.4) is 0 Å². The van der Waals surface area contributed by atoms with E-state index in [-0.39, 0.29) is 17.5 Å². The number of nitrogens with zero attached hydrogens (tertiary/aromatic N) is 2. The van der Waals surface area contributed by atoms with Gasteiger partial charge in [0, 0.05) is 25.7 Å². The van der Waals surface area contributed by atoms with E-state index in [4.69, 9.17) is 5.73 Å². The highest BCUT2D eigenvalue weighted by Gasteiger charge is 2.41. The van der Waals surface area contributed by atoms with Crippen LogP contribution in [0.4, 0.5) is 0 Å². The predicted octanol–water partition coefficient (Wildman–Crippen LogP) is 0.666. The molecular weight excluding hydrogens is 202 g/mol. The van der Waals surface area contributed by atoms with Crippen molar-refractivity contribution in [2.75, 3.05) is 26.7 Å². The Morgan fingerprint density at radius 3 is 2.62 bits per heavy atom. The Morgan fingerprint density at radius 2 is 2.12 bits per heavy atom. The normalized spacial score (nSPS) is 26.2. The van der Waals surface area contributed by atoms with Crippen molar-refractivity contribution < 1.29 is 4.79 Å². The number of nitrogens with two attached hydrogens (primary N) is 1. The van der Waals surface area contributed by atoms with Crippen LogP contribution in [0, 0.1) is 0 Å². The quantitative estimate of drug-likeness (QED) is 0.768. The summed E-state index contributed by atoms with van der Waals surface area (Å²) >= 11 is 0. The van der Waals surface area contributed by atoms with Crippen LogP contribution >= 0.6 is 0 Å². The molecule has 0 saturated carbocycles. The maximum absolute atomic E-state index is 12.1. The molecule has 1 atom stereocenters. The van der Waals surface area contributed by atoms with Crippen LogP contribution in [-0.4, -0.2) is 54.0 Å². The lowest BCUT2D eigenvalue weighted by molar-refractivity contribution is -0.148. The minimum Gasteiger partial charge on any atom is -0.338 e. The molecule has 0 aliphatic carbocycles. The standard InChI is InChI=1S/C12H25N3O/c1-5-6-7-15-9-12(2,3)14(4)11(16)10(15)8-13/h10H,5-9,13H2,1-4H3. The number of piperazine rings is 1. The first-order chi connectivity index (χ1) is 7.44. The first kappa shape index (κ1) is 13.5. The van der Waals surface area contributed by atoms with Gasteiger partial charge in [0.1, 0.15) is 6.04 Å². The van der Waals surface area contributed by atoms with Gasteiger partial charge in [-0.2, -0.15) is 0 Å². The summed E-state index contributed by atoms with van der Waals surface area (Å²) in [6, 6.07) is -0.121. The Morgan fingerprint density at radius 1 is 1.50 bits per heavy atom. The van der Waals surface area contributed by atoms with E-state index in [1.165, 1.54) is 0 Å². The molecule has 1 rings (SSSR count). The molecule has 94 valence electrons. The van der Waals surface area contributed by atoms with Gasteiger partial charge in [-0.1, -0.05) is 13.3 Å². The number of hydrogen-bond donors (Lipinski definition) is 1. The largest absolute Gasteiger partial charge is 0.338 e. The van der Waals surface area contributed by atoms with Gasteiger partial charge < -0.3 is 10.6 Å². The van der Waals surface area contributed by atoms with E-state index in [9.17, 15) is 4.79 Å². The maximum Gasteiger partial charge on any atom is 0.241 e. The second-order valence-corrected chi connectivity index (χ2v) is 5.29. The Balaban J connectivity index is 2.78. The summed E-state index contributed by atoms with van der Waals surface area (Å²) in [7, 11) is 1.88. The minimum absolute atomic E-state index is 0.0868. The molecule has 1 aliphatic heterocycles. The molecule has 1 fully saturated rings. The van der Waals surface area contributed by atoms with Gasteiger partial charge in [-0.05, 0) is 26.8 Å². The van der Waals surface area contributed by atoms with Crippen LogP contribution in [0.1, 0.15) is 33.6 Å². The third kappa shape index (κ3) is 2.55. The molecule has 4 nitrogen and oxygen atoms in total. The van der Waals surface area contributed by atoms with Gasteiger partial charge in [-0.3, -0.25) is 9.69 Å². The summed E-state index contributed by atoms with van der Waals surface area (Å²) in [6.07, 6.45) is 2.28. The molecule has 2 N–H and O–H groups in total. The maximum atomic E-state index is 12.1. The molecule has 0 radical (unpaired) electrons. The molecule has 0 aromatic rings. The van der Waals surface area contributed by atoms with Crippen LogP contribution in [0.5, 0.6) is 0 Å². The Kier molecular flexibility index (Phi) is 4.33. The Labute approximate surface area is 98.8 Å². The van der Waals surface area contributed by atoms with Crippen LogP contribution in [-0.2, 0) is 4.79 Å². The molecule has 16 heavy (non-hydrogen) atoms. The first-order valence-corrected chi connectivity index (χ1v) is 6.16. The van der Waals surface area contributed by atoms with Crippen molar-refractivity contribution in [1.29, 1.82) is 0 Å². The molecule has 0 spiro atoms. The van der Waals surface area contributed by atoms with Gasteiger partial charge in [0.15, 0.2) is 0 Å². The monoisotopic (exact) mass is 227 g/mol. The van der Waals surface area contributed by atoms with Crippen LogP contribution < -0.4 is 5.73 Å². The van der Waals surface area contributed by atoms with Crippen molar-refractivity contribution in [3.8, 4) is 0 Å². The summed E-state index contributed by atoms with van der Waals surface area (Å²) in [5.41, 5.74) is 5.63. The zero-order valence-corrected chi connectivity index (χ0v) is 11.0. The van der Waals surface area contributed by atoms with Crippen molar-refractivity contribution in [2.24, 2.45) is 5.73 Å². The highest BCUT2D eigenvalue weighted by atomic mass is 16.2. The van der Waals surface area contributed by atoms with E-state index < -0.39 is 0 Å². The van der Waals surface area contributed by atoms with E-state index in [0.717, 1.165) is 25.9 Å². The zero-order chi connectivity index (χ0) is 12.3. The highest BCUT2D eigenvalue weighted by Crippen LogP contribution is 2.23. The van der Waals surface area contributed by atoms with Crippen molar-refractivity contribution in [3.05, 3.63) is 0 Å². The number of carbonyl (C=O) groups is 1. The van der Waals surface area contributed by atoms with Gasteiger partial charge in [0.05, 0.1) is 0 Å². The summed E-state index contributed by atoms with van der Waals surface area (Å²) < 4.78 is 0. The fraction of sp³-hybridized carbons (Fsp3) is 0.917. The Bertz CT molecular complexity index is 253. The average Bonchev–Trinajstić information content (AvgIpc) is 2.23. The lowest BCUT2D eigenvalue weighted by Gasteiger charge is -2.48. The summed E-state index contributed by atoms with van der Waals surface area (Å²) in [5.74, 6) is 0.162. The lowest BCUT2D eigenvalue weighted by atomic mass is 9.95. The molecule has 1 unspecified atom stereocenters. The second-order valence-electron chi connectivity index (χ2n) is 5.29. The Hall–Kier alpha value is -0.610. The van der Waals surface area contributed by atoms with Gasteiger partial charge in [-0.25, -0.2) is 0 Å². The summed E-state index contributed by atoms with van der Waals surface area (Å²) in [6.45, 7) is 8.69. The lowest BCUT2D eigenvalue weighted by Crippen LogP contribution is -2.66. The number of likely N-dealkylation sites (N-methyl/N-ethyl adjacent to an activating group) is 1. The summed E-state index contributed by atoms with van der Waals surface area (Å²) in [5, 5.41) is 0. The van der Waals surface area contributed by atoms with Crippen molar-refractivity contribution in [2.45, 2.75) is 45.2 Å². The number of unbranched alkanes of at least 4 members (excludes halogenated alkanes) is 1. The molecule has 1 aliphatic rings. The van der Waals surface area contributed by atoms with Gasteiger partial charge in [0.25, 0.3) is 0 Å². The summed E-state index contributed by atoms with van der Waals surface area (Å²) in [4.78, 5) is 16.2. The SMILES string of the molecule is CCCCN1CC(C)(C)N(C)C(=O)C1CN. The fourth-order valence-electron chi connectivity index (χ4n) is 2.24. The highest BCUT2D eigenvalue weighted by molar-refractivity contribution is 5.83. The zero-order valence-electron chi connectivity index (χ0n) is 11.0. The molecule has 0 bridgehead atoms. The van der Waals surface area contributed by atoms with Crippen molar-refractivity contribution in [3.63, 3.8) is 0 Å². The molecular formula is C12H25N3O. The first-order valence-electron chi connectivity index (χ1n) is 6.16. The second kappa shape index (κ2) is 5.15. The van der Waals surface area contributed by atoms with Crippen LogP contribution in [0.2, 0.25) is 0 Å². The smallest absolute Gasteiger partial charge is 0.241 e. The number of hydrogen-bond acceptors (Lipinski definition) is 3. The van der Waals surface area contributed by atoms with E-state index in [1.54, 1.807) is 0 Å². The predicted molar refractivity (Wildman–Crippen MR) is 66.2 cm³/mol. The molecule has 1 amide bonds. The van der Waals surface area contributed by atoms with Crippen molar-refractivity contribution >= 4 is 5.91 Å². The third-order valence-electron chi connectivity index (χ3n) is 3.58. The van der Waals surface area contributed by atoms with E-state index in [2.05, 4.69) is 25.7 Å². The van der Waals surface area contributed by atoms with Gasteiger partial charge >= 0.3 is 0 Å². The van der Waals surface area contributed by atoms with Crippen LogP contribution in [0.15, 0.2) is 0 Å².